The molecule has 1 rings (SSSR count). The Bertz CT molecular complexity index is 490. The summed E-state index contributed by atoms with van der Waals surface area (Å²) < 4.78 is 0. The van der Waals surface area contributed by atoms with Crippen LogP contribution in [-0.2, 0) is 4.79 Å². The molecule has 0 aliphatic rings. The van der Waals surface area contributed by atoms with Crippen molar-refractivity contribution in [2.45, 2.75) is 6.42 Å². The van der Waals surface area contributed by atoms with Crippen LogP contribution in [0.5, 0.6) is 0 Å². The third-order valence-electron chi connectivity index (χ3n) is 2.56. The number of likely N-dealkylation sites (N-methyl/N-ethyl adjacent to an activating group) is 1. The minimum atomic E-state index is -0.331. The zero-order valence-electron chi connectivity index (χ0n) is 10.7. The van der Waals surface area contributed by atoms with Crippen molar-refractivity contribution in [2.24, 2.45) is 0 Å². The molecule has 0 saturated heterocycles. The van der Waals surface area contributed by atoms with Crippen molar-refractivity contribution >= 4 is 17.5 Å². The molecule has 19 heavy (non-hydrogen) atoms. The van der Waals surface area contributed by atoms with E-state index in [4.69, 9.17) is 11.0 Å². The number of nitrogens with zero attached hydrogens (tertiary/aromatic N) is 2. The maximum Gasteiger partial charge on any atom is 0.251 e. The van der Waals surface area contributed by atoms with Gasteiger partial charge in [-0.05, 0) is 24.3 Å². The molecule has 0 aromatic heterocycles. The van der Waals surface area contributed by atoms with Gasteiger partial charge >= 0.3 is 0 Å². The summed E-state index contributed by atoms with van der Waals surface area (Å²) >= 11 is 0. The molecule has 2 amide bonds. The summed E-state index contributed by atoms with van der Waals surface area (Å²) in [7, 11) is 1.59. The summed E-state index contributed by atoms with van der Waals surface area (Å²) in [6.45, 7) is 0.262. The van der Waals surface area contributed by atoms with Crippen molar-refractivity contribution in [1.82, 2.24) is 10.2 Å². The number of nitriles is 1. The van der Waals surface area contributed by atoms with Gasteiger partial charge in [-0.15, -0.1) is 0 Å². The molecular formula is C13H16N4O2. The topological polar surface area (TPSA) is 99.2 Å². The SMILES string of the molecule is CN(CCC#N)C(=O)CNC(=O)c1ccc(N)cc1. The van der Waals surface area contributed by atoms with Crippen molar-refractivity contribution < 1.29 is 9.59 Å². The Balaban J connectivity index is 2.44. The van der Waals surface area contributed by atoms with Gasteiger partial charge in [0, 0.05) is 24.8 Å². The molecule has 0 aliphatic carbocycles. The smallest absolute Gasteiger partial charge is 0.251 e. The summed E-state index contributed by atoms with van der Waals surface area (Å²) in [5, 5.41) is 10.9. The van der Waals surface area contributed by atoms with Crippen LogP contribution in [0.2, 0.25) is 0 Å². The van der Waals surface area contributed by atoms with Crippen LogP contribution in [0.3, 0.4) is 0 Å². The molecule has 0 fully saturated rings. The summed E-state index contributed by atoms with van der Waals surface area (Å²) in [5.41, 5.74) is 6.54. The van der Waals surface area contributed by atoms with E-state index in [0.29, 0.717) is 17.8 Å². The van der Waals surface area contributed by atoms with Gasteiger partial charge in [0.25, 0.3) is 5.91 Å². The van der Waals surface area contributed by atoms with E-state index in [9.17, 15) is 9.59 Å². The standard InChI is InChI=1S/C13H16N4O2/c1-17(8-2-7-14)12(18)9-16-13(19)10-3-5-11(15)6-4-10/h3-6H,2,8-9,15H2,1H3,(H,16,19). The van der Waals surface area contributed by atoms with Crippen LogP contribution in [0.4, 0.5) is 5.69 Å². The monoisotopic (exact) mass is 260 g/mol. The van der Waals surface area contributed by atoms with Crippen LogP contribution in [-0.4, -0.2) is 36.9 Å². The van der Waals surface area contributed by atoms with Gasteiger partial charge in [-0.3, -0.25) is 9.59 Å². The number of nitrogen functional groups attached to an aromatic ring is 1. The van der Waals surface area contributed by atoms with Crippen LogP contribution in [0.25, 0.3) is 0 Å². The van der Waals surface area contributed by atoms with Crippen molar-refractivity contribution in [2.75, 3.05) is 25.9 Å². The predicted octanol–water partition coefficient (Wildman–Crippen LogP) is 0.371. The first kappa shape index (κ1) is 14.5. The fourth-order valence-corrected chi connectivity index (χ4v) is 1.37. The Morgan fingerprint density at radius 3 is 2.58 bits per heavy atom. The lowest BCUT2D eigenvalue weighted by Gasteiger charge is -2.15. The second-order valence-electron chi connectivity index (χ2n) is 4.03. The molecule has 0 heterocycles. The van der Waals surface area contributed by atoms with Crippen molar-refractivity contribution in [1.29, 1.82) is 5.26 Å². The zero-order valence-corrected chi connectivity index (χ0v) is 10.7. The Hall–Kier alpha value is -2.55. The zero-order chi connectivity index (χ0) is 14.3. The average molecular weight is 260 g/mol. The van der Waals surface area contributed by atoms with E-state index in [1.165, 1.54) is 4.90 Å². The highest BCUT2D eigenvalue weighted by molar-refractivity contribution is 5.96. The highest BCUT2D eigenvalue weighted by Crippen LogP contribution is 2.04. The number of anilines is 1. The maximum absolute atomic E-state index is 11.7. The number of amides is 2. The third kappa shape index (κ3) is 4.68. The predicted molar refractivity (Wildman–Crippen MR) is 71.1 cm³/mol. The molecule has 0 aliphatic heterocycles. The van der Waals surface area contributed by atoms with Crippen LogP contribution in [0, 0.1) is 11.3 Å². The van der Waals surface area contributed by atoms with Gasteiger partial charge in [0.2, 0.25) is 5.91 Å². The molecule has 1 aromatic carbocycles. The summed E-state index contributed by atoms with van der Waals surface area (Å²) in [6.07, 6.45) is 0.272. The lowest BCUT2D eigenvalue weighted by Crippen LogP contribution is -2.38. The molecule has 0 unspecified atom stereocenters. The number of rotatable bonds is 5. The number of hydrogen-bond donors (Lipinski definition) is 2. The Morgan fingerprint density at radius 1 is 1.37 bits per heavy atom. The van der Waals surface area contributed by atoms with E-state index in [1.54, 1.807) is 31.3 Å². The molecule has 0 saturated carbocycles. The fourth-order valence-electron chi connectivity index (χ4n) is 1.37. The molecule has 6 heteroatoms. The number of hydrogen-bond acceptors (Lipinski definition) is 4. The lowest BCUT2D eigenvalue weighted by molar-refractivity contribution is -0.128. The first-order valence-corrected chi connectivity index (χ1v) is 5.79. The summed E-state index contributed by atoms with van der Waals surface area (Å²) in [5.74, 6) is -0.568. The summed E-state index contributed by atoms with van der Waals surface area (Å²) in [4.78, 5) is 24.8. The van der Waals surface area contributed by atoms with Crippen LogP contribution in [0.15, 0.2) is 24.3 Å². The fraction of sp³-hybridized carbons (Fsp3) is 0.308. The third-order valence-corrected chi connectivity index (χ3v) is 2.56. The van der Waals surface area contributed by atoms with Gasteiger partial charge in [0.05, 0.1) is 19.0 Å². The Labute approximate surface area is 111 Å². The number of benzene rings is 1. The van der Waals surface area contributed by atoms with E-state index in [1.807, 2.05) is 6.07 Å². The highest BCUT2D eigenvalue weighted by Gasteiger charge is 2.11. The maximum atomic E-state index is 11.7. The van der Waals surface area contributed by atoms with E-state index in [0.717, 1.165) is 0 Å². The molecule has 3 N–H and O–H groups in total. The molecular weight excluding hydrogens is 244 g/mol. The van der Waals surface area contributed by atoms with Gasteiger partial charge in [0.15, 0.2) is 0 Å². The van der Waals surface area contributed by atoms with Gasteiger partial charge in [-0.2, -0.15) is 5.26 Å². The average Bonchev–Trinajstić information content (AvgIpc) is 2.42. The molecule has 0 atom stereocenters. The minimum absolute atomic E-state index is 0.0921. The molecule has 0 radical (unpaired) electrons. The van der Waals surface area contributed by atoms with Gasteiger partial charge < -0.3 is 16.0 Å². The van der Waals surface area contributed by atoms with Gasteiger partial charge in [0.1, 0.15) is 0 Å². The number of carbonyl (C=O) groups is 2. The summed E-state index contributed by atoms with van der Waals surface area (Å²) in [6, 6.07) is 8.38. The Morgan fingerprint density at radius 2 is 2.00 bits per heavy atom. The highest BCUT2D eigenvalue weighted by atomic mass is 16.2. The molecule has 1 aromatic rings. The Kier molecular flexibility index (Phi) is 5.35. The molecule has 6 nitrogen and oxygen atoms in total. The van der Waals surface area contributed by atoms with E-state index in [-0.39, 0.29) is 24.8 Å². The van der Waals surface area contributed by atoms with E-state index < -0.39 is 0 Å². The first-order chi connectivity index (χ1) is 9.04. The van der Waals surface area contributed by atoms with Crippen molar-refractivity contribution in [3.8, 4) is 6.07 Å². The van der Waals surface area contributed by atoms with Crippen LogP contribution >= 0.6 is 0 Å². The van der Waals surface area contributed by atoms with E-state index >= 15 is 0 Å². The van der Waals surface area contributed by atoms with Crippen molar-refractivity contribution in [3.63, 3.8) is 0 Å². The van der Waals surface area contributed by atoms with Gasteiger partial charge in [-0.25, -0.2) is 0 Å². The second-order valence-corrected chi connectivity index (χ2v) is 4.03. The number of nitrogens with two attached hydrogens (primary N) is 1. The van der Waals surface area contributed by atoms with E-state index in [2.05, 4.69) is 5.32 Å². The number of nitrogens with one attached hydrogen (secondary N) is 1. The van der Waals surface area contributed by atoms with Crippen LogP contribution in [0.1, 0.15) is 16.8 Å². The quantitative estimate of drug-likeness (QED) is 0.747. The number of carbonyl (C=O) groups excluding carboxylic acids is 2. The first-order valence-electron chi connectivity index (χ1n) is 5.79. The second kappa shape index (κ2) is 7.01. The van der Waals surface area contributed by atoms with Crippen molar-refractivity contribution in [3.05, 3.63) is 29.8 Å². The largest absolute Gasteiger partial charge is 0.399 e. The lowest BCUT2D eigenvalue weighted by atomic mass is 10.2. The molecule has 0 spiro atoms. The molecule has 100 valence electrons. The van der Waals surface area contributed by atoms with Gasteiger partial charge in [-0.1, -0.05) is 0 Å². The molecule has 0 bridgehead atoms. The normalized spacial score (nSPS) is 9.47. The van der Waals surface area contributed by atoms with Crippen LogP contribution < -0.4 is 11.1 Å². The minimum Gasteiger partial charge on any atom is -0.399 e.